The highest BCUT2D eigenvalue weighted by atomic mass is 35.5. The average Bonchev–Trinajstić information content (AvgIpc) is 2.90. The summed E-state index contributed by atoms with van der Waals surface area (Å²) in [4.78, 5) is 11.3. The second-order valence-corrected chi connectivity index (χ2v) is 10.1. The molecule has 186 valence electrons. The molecule has 2 N–H and O–H groups in total. The van der Waals surface area contributed by atoms with Crippen LogP contribution in [0.2, 0.25) is 5.02 Å². The number of nitrogens with one attached hydrogen (secondary N) is 1. The second kappa shape index (κ2) is 11.5. The third kappa shape index (κ3) is 6.34. The first-order valence-electron chi connectivity index (χ1n) is 12.1. The third-order valence-electron chi connectivity index (χ3n) is 5.75. The Labute approximate surface area is 225 Å². The Hall–Kier alpha value is -3.74. The number of phenols is 1. The Kier molecular flexibility index (Phi) is 7.78. The van der Waals surface area contributed by atoms with Crippen LogP contribution < -0.4 is 10.1 Å². The van der Waals surface area contributed by atoms with E-state index in [1.165, 1.54) is 0 Å². The van der Waals surface area contributed by atoms with E-state index in [9.17, 15) is 5.11 Å². The molecule has 3 aromatic carbocycles. The van der Waals surface area contributed by atoms with E-state index in [1.54, 1.807) is 30.1 Å². The van der Waals surface area contributed by atoms with Crippen LogP contribution in [0.1, 0.15) is 24.6 Å². The fourth-order valence-corrected chi connectivity index (χ4v) is 5.03. The van der Waals surface area contributed by atoms with Gasteiger partial charge in [0, 0.05) is 38.2 Å². The van der Waals surface area contributed by atoms with Crippen molar-refractivity contribution < 1.29 is 9.84 Å². The predicted octanol–water partition coefficient (Wildman–Crippen LogP) is 8.42. The number of rotatable bonds is 9. The van der Waals surface area contributed by atoms with Gasteiger partial charge in [0.25, 0.3) is 0 Å². The summed E-state index contributed by atoms with van der Waals surface area (Å²) in [6, 6.07) is 26.9. The molecule has 0 atom stereocenters. The largest absolute Gasteiger partial charge is 0.508 e. The maximum absolute atomic E-state index is 9.67. The number of hydrogen-bond donors (Lipinski definition) is 2. The summed E-state index contributed by atoms with van der Waals surface area (Å²) in [6.45, 7) is 2.55. The molecule has 0 fully saturated rings. The fourth-order valence-electron chi connectivity index (χ4n) is 3.94. The maximum atomic E-state index is 9.67. The number of fused-ring (bicyclic) bond motifs is 1. The molecule has 7 heteroatoms. The number of hydrogen-bond acceptors (Lipinski definition) is 6. The number of aromatic nitrogens is 2. The van der Waals surface area contributed by atoms with Crippen molar-refractivity contribution in [3.05, 3.63) is 107 Å². The molecule has 0 aliphatic heterocycles. The topological polar surface area (TPSA) is 67.3 Å². The van der Waals surface area contributed by atoms with Gasteiger partial charge in [-0.15, -0.1) is 0 Å². The average molecular weight is 528 g/mol. The highest BCUT2D eigenvalue weighted by Crippen LogP contribution is 2.38. The van der Waals surface area contributed by atoms with Crippen LogP contribution in [0.15, 0.2) is 101 Å². The fraction of sp³-hybridized carbons (Fsp3) is 0.133. The van der Waals surface area contributed by atoms with Crippen molar-refractivity contribution in [2.75, 3.05) is 5.32 Å². The molecule has 5 rings (SSSR count). The third-order valence-corrected chi connectivity index (χ3v) is 7.07. The predicted molar refractivity (Wildman–Crippen MR) is 151 cm³/mol. The van der Waals surface area contributed by atoms with E-state index in [0.29, 0.717) is 11.6 Å². The number of halogens is 1. The number of pyridine rings is 2. The Bertz CT molecular complexity index is 1530. The SMILES string of the molecule is CCCc1ccc2c(Nc3cc(OCc4cccc(Cl)c4)ccc3Sc3ccc(O)cc3)ccnc2n1. The summed E-state index contributed by atoms with van der Waals surface area (Å²) in [5.41, 5.74) is 4.57. The van der Waals surface area contributed by atoms with Gasteiger partial charge in [-0.1, -0.05) is 48.8 Å². The van der Waals surface area contributed by atoms with E-state index >= 15 is 0 Å². The minimum Gasteiger partial charge on any atom is -0.508 e. The highest BCUT2D eigenvalue weighted by Gasteiger charge is 2.11. The molecule has 0 saturated heterocycles. The first-order chi connectivity index (χ1) is 18.1. The van der Waals surface area contributed by atoms with Crippen molar-refractivity contribution in [2.45, 2.75) is 36.2 Å². The first-order valence-corrected chi connectivity index (χ1v) is 13.3. The number of benzene rings is 3. The maximum Gasteiger partial charge on any atom is 0.161 e. The number of aryl methyl sites for hydroxylation is 1. The van der Waals surface area contributed by atoms with Crippen LogP contribution in [-0.2, 0) is 13.0 Å². The van der Waals surface area contributed by atoms with Gasteiger partial charge in [-0.2, -0.15) is 0 Å². The van der Waals surface area contributed by atoms with E-state index in [-0.39, 0.29) is 5.75 Å². The van der Waals surface area contributed by atoms with Crippen LogP contribution in [-0.4, -0.2) is 15.1 Å². The van der Waals surface area contributed by atoms with Gasteiger partial charge >= 0.3 is 0 Å². The zero-order valence-electron chi connectivity index (χ0n) is 20.3. The van der Waals surface area contributed by atoms with Crippen LogP contribution in [0.3, 0.4) is 0 Å². The van der Waals surface area contributed by atoms with Crippen LogP contribution in [0.5, 0.6) is 11.5 Å². The van der Waals surface area contributed by atoms with Gasteiger partial charge in [-0.05, 0) is 78.7 Å². The van der Waals surface area contributed by atoms with Crippen molar-refractivity contribution in [2.24, 2.45) is 0 Å². The summed E-state index contributed by atoms with van der Waals surface area (Å²) in [7, 11) is 0. The molecule has 0 spiro atoms. The number of nitrogens with zero attached hydrogens (tertiary/aromatic N) is 2. The molecule has 0 unspecified atom stereocenters. The van der Waals surface area contributed by atoms with Crippen molar-refractivity contribution in [3.8, 4) is 11.5 Å². The van der Waals surface area contributed by atoms with Crippen LogP contribution >= 0.6 is 23.4 Å². The zero-order valence-corrected chi connectivity index (χ0v) is 21.9. The molecule has 0 bridgehead atoms. The lowest BCUT2D eigenvalue weighted by Gasteiger charge is -2.16. The second-order valence-electron chi connectivity index (χ2n) is 8.58. The Morgan fingerprint density at radius 3 is 2.62 bits per heavy atom. The summed E-state index contributed by atoms with van der Waals surface area (Å²) in [5.74, 6) is 0.977. The molecule has 0 radical (unpaired) electrons. The summed E-state index contributed by atoms with van der Waals surface area (Å²) >= 11 is 7.73. The molecular weight excluding hydrogens is 502 g/mol. The molecule has 0 aliphatic rings. The van der Waals surface area contributed by atoms with Crippen molar-refractivity contribution >= 4 is 45.8 Å². The van der Waals surface area contributed by atoms with Gasteiger partial charge in [0.1, 0.15) is 18.1 Å². The molecule has 0 aliphatic carbocycles. The zero-order chi connectivity index (χ0) is 25.6. The number of ether oxygens (including phenoxy) is 1. The van der Waals surface area contributed by atoms with Crippen LogP contribution in [0.25, 0.3) is 11.0 Å². The standard InChI is InChI=1S/C30H26ClN3O2S/c1-2-4-22-7-13-26-27(15-16-32-30(26)33-22)34-28-18-24(36-19-20-5-3-6-21(31)17-20)10-14-29(28)37-25-11-8-23(35)9-12-25/h3,5-18,35H,2,4,19H2,1H3,(H,32,33,34). The molecule has 2 aromatic heterocycles. The number of aromatic hydroxyl groups is 1. The van der Waals surface area contributed by atoms with Gasteiger partial charge in [0.05, 0.1) is 11.4 Å². The van der Waals surface area contributed by atoms with Gasteiger partial charge in [0.2, 0.25) is 0 Å². The van der Waals surface area contributed by atoms with Crippen molar-refractivity contribution in [1.82, 2.24) is 9.97 Å². The minimum atomic E-state index is 0.241. The first kappa shape index (κ1) is 24.9. The highest BCUT2D eigenvalue weighted by molar-refractivity contribution is 7.99. The molecule has 5 nitrogen and oxygen atoms in total. The van der Waals surface area contributed by atoms with Crippen molar-refractivity contribution in [1.29, 1.82) is 0 Å². The normalized spacial score (nSPS) is 11.0. The summed E-state index contributed by atoms with van der Waals surface area (Å²) < 4.78 is 6.11. The Balaban J connectivity index is 1.47. The van der Waals surface area contributed by atoms with Crippen LogP contribution in [0, 0.1) is 0 Å². The quantitative estimate of drug-likeness (QED) is 0.200. The molecular formula is C30H26ClN3O2S. The molecule has 0 saturated carbocycles. The van der Waals surface area contributed by atoms with E-state index < -0.39 is 0 Å². The number of phenolic OH excluding ortho intramolecular Hbond substituents is 1. The smallest absolute Gasteiger partial charge is 0.161 e. The van der Waals surface area contributed by atoms with Gasteiger partial charge in [-0.3, -0.25) is 0 Å². The van der Waals surface area contributed by atoms with Crippen molar-refractivity contribution in [3.63, 3.8) is 0 Å². The lowest BCUT2D eigenvalue weighted by Crippen LogP contribution is -1.99. The monoisotopic (exact) mass is 527 g/mol. The van der Waals surface area contributed by atoms with Gasteiger partial charge in [-0.25, -0.2) is 9.97 Å². The molecule has 2 heterocycles. The lowest BCUT2D eigenvalue weighted by molar-refractivity contribution is 0.306. The van der Waals surface area contributed by atoms with Gasteiger partial charge < -0.3 is 15.2 Å². The van der Waals surface area contributed by atoms with Crippen LogP contribution in [0.4, 0.5) is 11.4 Å². The van der Waals surface area contributed by atoms with E-state index in [4.69, 9.17) is 21.3 Å². The van der Waals surface area contributed by atoms with E-state index in [2.05, 4.69) is 29.4 Å². The lowest BCUT2D eigenvalue weighted by atomic mass is 10.2. The molecule has 5 aromatic rings. The number of anilines is 2. The Morgan fingerprint density at radius 1 is 0.946 bits per heavy atom. The summed E-state index contributed by atoms with van der Waals surface area (Å²) in [5, 5.41) is 14.9. The van der Waals surface area contributed by atoms with E-state index in [0.717, 1.165) is 62.0 Å². The summed E-state index contributed by atoms with van der Waals surface area (Å²) in [6.07, 6.45) is 3.74. The Morgan fingerprint density at radius 2 is 1.81 bits per heavy atom. The molecule has 0 amide bonds. The molecule has 37 heavy (non-hydrogen) atoms. The minimum absolute atomic E-state index is 0.241. The van der Waals surface area contributed by atoms with E-state index in [1.807, 2.05) is 60.7 Å². The van der Waals surface area contributed by atoms with Gasteiger partial charge in [0.15, 0.2) is 5.65 Å².